The molecular weight excluding hydrogens is 280 g/mol. The Kier molecular flexibility index (Phi) is 4.96. The summed E-state index contributed by atoms with van der Waals surface area (Å²) < 4.78 is 1.94. The van der Waals surface area contributed by atoms with Gasteiger partial charge in [0.1, 0.15) is 0 Å². The Balaban J connectivity index is 2.00. The molecule has 112 valence electrons. The van der Waals surface area contributed by atoms with Crippen LogP contribution in [0.1, 0.15) is 36.7 Å². The third-order valence-electron chi connectivity index (χ3n) is 3.40. The maximum Gasteiger partial charge on any atom is 0.171 e. The van der Waals surface area contributed by atoms with E-state index in [1.54, 1.807) is 0 Å². The number of anilines is 1. The fraction of sp³-hybridized carbons (Fsp3) is 0.375. The normalized spacial score (nSPS) is 12.0. The van der Waals surface area contributed by atoms with E-state index in [4.69, 9.17) is 12.2 Å². The highest BCUT2D eigenvalue weighted by molar-refractivity contribution is 7.80. The fourth-order valence-corrected chi connectivity index (χ4v) is 2.58. The SMILES string of the molecule is CCn1cc(C(C)NC(=S)Nc2cccc(C)c2)c(C)n1. The van der Waals surface area contributed by atoms with Gasteiger partial charge in [-0.2, -0.15) is 5.10 Å². The molecule has 0 saturated heterocycles. The van der Waals surface area contributed by atoms with Crippen LogP contribution in [-0.4, -0.2) is 14.9 Å². The van der Waals surface area contributed by atoms with Crippen molar-refractivity contribution in [3.05, 3.63) is 47.3 Å². The molecule has 2 N–H and O–H groups in total. The van der Waals surface area contributed by atoms with Crippen molar-refractivity contribution >= 4 is 23.0 Å². The first kappa shape index (κ1) is 15.5. The summed E-state index contributed by atoms with van der Waals surface area (Å²) in [6.45, 7) is 9.13. The summed E-state index contributed by atoms with van der Waals surface area (Å²) in [5, 5.41) is 11.6. The van der Waals surface area contributed by atoms with Crippen LogP contribution in [0.25, 0.3) is 0 Å². The minimum atomic E-state index is 0.120. The maximum atomic E-state index is 5.38. The molecule has 2 rings (SSSR count). The molecule has 4 nitrogen and oxygen atoms in total. The van der Waals surface area contributed by atoms with Gasteiger partial charge < -0.3 is 10.6 Å². The molecule has 0 aliphatic heterocycles. The van der Waals surface area contributed by atoms with Gasteiger partial charge in [-0.25, -0.2) is 0 Å². The topological polar surface area (TPSA) is 41.9 Å². The average Bonchev–Trinajstić information content (AvgIpc) is 2.80. The van der Waals surface area contributed by atoms with Crippen molar-refractivity contribution < 1.29 is 0 Å². The van der Waals surface area contributed by atoms with Crippen LogP contribution in [-0.2, 0) is 6.54 Å². The van der Waals surface area contributed by atoms with Gasteiger partial charge in [-0.1, -0.05) is 12.1 Å². The molecule has 0 spiro atoms. The van der Waals surface area contributed by atoms with Crippen molar-refractivity contribution in [2.24, 2.45) is 0 Å². The van der Waals surface area contributed by atoms with Crippen molar-refractivity contribution in [3.8, 4) is 0 Å². The number of nitrogens with one attached hydrogen (secondary N) is 2. The summed E-state index contributed by atoms with van der Waals surface area (Å²) in [4.78, 5) is 0. The van der Waals surface area contributed by atoms with Gasteiger partial charge in [-0.15, -0.1) is 0 Å². The van der Waals surface area contributed by atoms with Crippen molar-refractivity contribution in [1.29, 1.82) is 0 Å². The second kappa shape index (κ2) is 6.72. The largest absolute Gasteiger partial charge is 0.356 e. The molecule has 0 amide bonds. The average molecular weight is 302 g/mol. The van der Waals surface area contributed by atoms with Crippen LogP contribution >= 0.6 is 12.2 Å². The molecule has 0 bridgehead atoms. The summed E-state index contributed by atoms with van der Waals surface area (Å²) in [5.41, 5.74) is 4.41. The van der Waals surface area contributed by atoms with Gasteiger partial charge in [0.05, 0.1) is 11.7 Å². The lowest BCUT2D eigenvalue weighted by molar-refractivity contribution is 0.651. The van der Waals surface area contributed by atoms with Crippen LogP contribution in [0.5, 0.6) is 0 Å². The zero-order chi connectivity index (χ0) is 15.4. The first-order valence-corrected chi connectivity index (χ1v) is 7.58. The number of aryl methyl sites for hydroxylation is 3. The Morgan fingerprint density at radius 2 is 2.14 bits per heavy atom. The molecule has 0 aliphatic carbocycles. The molecule has 1 aromatic carbocycles. The zero-order valence-electron chi connectivity index (χ0n) is 13.0. The van der Waals surface area contributed by atoms with Gasteiger partial charge in [0.15, 0.2) is 5.11 Å². The molecule has 21 heavy (non-hydrogen) atoms. The minimum absolute atomic E-state index is 0.120. The number of hydrogen-bond donors (Lipinski definition) is 2. The number of nitrogens with zero attached hydrogens (tertiary/aromatic N) is 2. The third-order valence-corrected chi connectivity index (χ3v) is 3.62. The first-order valence-electron chi connectivity index (χ1n) is 7.17. The second-order valence-corrected chi connectivity index (χ2v) is 5.62. The van der Waals surface area contributed by atoms with E-state index in [1.165, 1.54) is 11.1 Å². The summed E-state index contributed by atoms with van der Waals surface area (Å²) in [5.74, 6) is 0. The van der Waals surface area contributed by atoms with E-state index < -0.39 is 0 Å². The first-order chi connectivity index (χ1) is 9.99. The highest BCUT2D eigenvalue weighted by atomic mass is 32.1. The van der Waals surface area contributed by atoms with E-state index in [2.05, 4.69) is 54.8 Å². The molecule has 2 aromatic rings. The summed E-state index contributed by atoms with van der Waals surface area (Å²) >= 11 is 5.38. The lowest BCUT2D eigenvalue weighted by Crippen LogP contribution is -2.31. The van der Waals surface area contributed by atoms with E-state index in [-0.39, 0.29) is 6.04 Å². The monoisotopic (exact) mass is 302 g/mol. The van der Waals surface area contributed by atoms with Crippen molar-refractivity contribution in [2.75, 3.05) is 5.32 Å². The minimum Gasteiger partial charge on any atom is -0.356 e. The van der Waals surface area contributed by atoms with Crippen molar-refractivity contribution in [3.63, 3.8) is 0 Å². The Morgan fingerprint density at radius 1 is 1.38 bits per heavy atom. The van der Waals surface area contributed by atoms with Crippen LogP contribution in [0, 0.1) is 13.8 Å². The Bertz CT molecular complexity index is 633. The van der Waals surface area contributed by atoms with Crippen molar-refractivity contribution in [1.82, 2.24) is 15.1 Å². The van der Waals surface area contributed by atoms with Crippen molar-refractivity contribution in [2.45, 2.75) is 40.3 Å². The number of benzene rings is 1. The van der Waals surface area contributed by atoms with E-state index in [1.807, 2.05) is 23.7 Å². The molecule has 1 atom stereocenters. The Hall–Kier alpha value is -1.88. The molecule has 1 heterocycles. The molecule has 0 aliphatic rings. The van der Waals surface area contributed by atoms with Gasteiger partial charge in [0.25, 0.3) is 0 Å². The quantitative estimate of drug-likeness (QED) is 0.847. The molecule has 0 fully saturated rings. The Morgan fingerprint density at radius 3 is 2.76 bits per heavy atom. The van der Waals surface area contributed by atoms with Gasteiger partial charge in [-0.05, 0) is 57.6 Å². The zero-order valence-corrected chi connectivity index (χ0v) is 13.8. The predicted molar refractivity (Wildman–Crippen MR) is 91.6 cm³/mol. The smallest absolute Gasteiger partial charge is 0.171 e. The molecule has 0 radical (unpaired) electrons. The van der Waals surface area contributed by atoms with Crippen LogP contribution in [0.2, 0.25) is 0 Å². The van der Waals surface area contributed by atoms with Crippen LogP contribution in [0.4, 0.5) is 5.69 Å². The number of rotatable bonds is 4. The number of aromatic nitrogens is 2. The van der Waals surface area contributed by atoms with Gasteiger partial charge in [0, 0.05) is 24.0 Å². The van der Waals surface area contributed by atoms with Gasteiger partial charge in [-0.3, -0.25) is 4.68 Å². The Labute approximate surface area is 131 Å². The molecular formula is C16H22N4S. The van der Waals surface area contributed by atoms with E-state index in [9.17, 15) is 0 Å². The highest BCUT2D eigenvalue weighted by Gasteiger charge is 2.13. The van der Waals surface area contributed by atoms with E-state index >= 15 is 0 Å². The van der Waals surface area contributed by atoms with E-state index in [0.29, 0.717) is 5.11 Å². The lowest BCUT2D eigenvalue weighted by atomic mass is 10.1. The number of thiocarbonyl (C=S) groups is 1. The lowest BCUT2D eigenvalue weighted by Gasteiger charge is -2.16. The summed E-state index contributed by atoms with van der Waals surface area (Å²) in [7, 11) is 0. The predicted octanol–water partition coefficient (Wildman–Crippen LogP) is 3.57. The highest BCUT2D eigenvalue weighted by Crippen LogP contribution is 2.16. The second-order valence-electron chi connectivity index (χ2n) is 5.22. The van der Waals surface area contributed by atoms with Gasteiger partial charge in [0.2, 0.25) is 0 Å². The molecule has 5 heteroatoms. The van der Waals surface area contributed by atoms with Crippen LogP contribution in [0.3, 0.4) is 0 Å². The fourth-order valence-electron chi connectivity index (χ4n) is 2.28. The third kappa shape index (κ3) is 4.04. The van der Waals surface area contributed by atoms with Gasteiger partial charge >= 0.3 is 0 Å². The van der Waals surface area contributed by atoms with E-state index in [0.717, 1.165) is 17.9 Å². The molecule has 1 aromatic heterocycles. The summed E-state index contributed by atoms with van der Waals surface area (Å²) in [6, 6.07) is 8.27. The number of hydrogen-bond acceptors (Lipinski definition) is 2. The van der Waals surface area contributed by atoms with Crippen LogP contribution in [0.15, 0.2) is 30.5 Å². The standard InChI is InChI=1S/C16H22N4S/c1-5-20-10-15(13(4)19-20)12(3)17-16(21)18-14-8-6-7-11(2)9-14/h6-10,12H,5H2,1-4H3,(H2,17,18,21). The van der Waals surface area contributed by atoms with Crippen LogP contribution < -0.4 is 10.6 Å². The summed E-state index contributed by atoms with van der Waals surface area (Å²) in [6.07, 6.45) is 2.07. The molecule has 0 saturated carbocycles. The molecule has 1 unspecified atom stereocenters. The maximum absolute atomic E-state index is 5.38.